The van der Waals surface area contributed by atoms with Crippen LogP contribution in [0.25, 0.3) is 0 Å². The van der Waals surface area contributed by atoms with Crippen LogP contribution in [-0.2, 0) is 11.3 Å². The van der Waals surface area contributed by atoms with Crippen LogP contribution in [0.1, 0.15) is 31.4 Å². The summed E-state index contributed by atoms with van der Waals surface area (Å²) in [5, 5.41) is 11.8. The Kier molecular flexibility index (Phi) is 4.30. The predicted molar refractivity (Wildman–Crippen MR) is 54.4 cm³/mol. The third kappa shape index (κ3) is 3.71. The van der Waals surface area contributed by atoms with Gasteiger partial charge in [-0.3, -0.25) is 10.1 Å². The molecule has 1 rings (SSSR count). The molecule has 0 fully saturated rings. The molecule has 15 heavy (non-hydrogen) atoms. The van der Waals surface area contributed by atoms with Crippen LogP contribution in [0.3, 0.4) is 0 Å². The van der Waals surface area contributed by atoms with E-state index in [2.05, 4.69) is 10.3 Å². The second kappa shape index (κ2) is 5.50. The molecular weight excluding hydrogens is 196 g/mol. The molecule has 0 aliphatic rings. The molecule has 0 bridgehead atoms. The molecular formula is C10H16N2O3. The van der Waals surface area contributed by atoms with Crippen LogP contribution >= 0.6 is 0 Å². The summed E-state index contributed by atoms with van der Waals surface area (Å²) < 4.78 is 5.23. The number of aliphatic carboxylic acids is 1. The Bertz CT molecular complexity index is 322. The highest BCUT2D eigenvalue weighted by molar-refractivity contribution is 5.73. The number of aryl methyl sites for hydroxylation is 1. The molecule has 5 heteroatoms. The highest BCUT2D eigenvalue weighted by Gasteiger charge is 2.15. The van der Waals surface area contributed by atoms with Gasteiger partial charge in [-0.25, -0.2) is 4.98 Å². The van der Waals surface area contributed by atoms with E-state index in [1.807, 2.05) is 6.92 Å². The highest BCUT2D eigenvalue weighted by atomic mass is 16.4. The Labute approximate surface area is 88.5 Å². The Morgan fingerprint density at radius 2 is 2.47 bits per heavy atom. The van der Waals surface area contributed by atoms with Gasteiger partial charge in [-0.15, -0.1) is 0 Å². The number of oxazole rings is 1. The van der Waals surface area contributed by atoms with Gasteiger partial charge in [0, 0.05) is 0 Å². The first-order valence-corrected chi connectivity index (χ1v) is 5.01. The van der Waals surface area contributed by atoms with Crippen LogP contribution in [0.4, 0.5) is 0 Å². The second-order valence-corrected chi connectivity index (χ2v) is 3.43. The van der Waals surface area contributed by atoms with Gasteiger partial charge in [0.15, 0.2) is 0 Å². The van der Waals surface area contributed by atoms with E-state index in [9.17, 15) is 4.79 Å². The maximum absolute atomic E-state index is 10.8. The SMILES string of the molecule is CCCC(NCc1ncc(C)o1)C(=O)O. The first-order chi connectivity index (χ1) is 7.13. The maximum Gasteiger partial charge on any atom is 0.320 e. The van der Waals surface area contributed by atoms with E-state index in [0.29, 0.717) is 18.9 Å². The van der Waals surface area contributed by atoms with E-state index in [1.165, 1.54) is 0 Å². The van der Waals surface area contributed by atoms with Gasteiger partial charge in [0.2, 0.25) is 5.89 Å². The average Bonchev–Trinajstić information content (AvgIpc) is 2.58. The molecule has 1 aromatic heterocycles. The Morgan fingerprint density at radius 1 is 1.73 bits per heavy atom. The number of hydrogen-bond acceptors (Lipinski definition) is 4. The summed E-state index contributed by atoms with van der Waals surface area (Å²) in [6.45, 7) is 4.11. The van der Waals surface area contributed by atoms with Crippen LogP contribution in [0.5, 0.6) is 0 Å². The molecule has 1 unspecified atom stereocenters. The number of nitrogens with one attached hydrogen (secondary N) is 1. The lowest BCUT2D eigenvalue weighted by Crippen LogP contribution is -2.36. The van der Waals surface area contributed by atoms with Crippen molar-refractivity contribution in [3.63, 3.8) is 0 Å². The molecule has 1 heterocycles. The number of carboxylic acids is 1. The molecule has 1 atom stereocenters. The summed E-state index contributed by atoms with van der Waals surface area (Å²) in [5.74, 6) is 0.421. The summed E-state index contributed by atoms with van der Waals surface area (Å²) in [6, 6.07) is -0.526. The zero-order chi connectivity index (χ0) is 11.3. The van der Waals surface area contributed by atoms with Gasteiger partial charge in [-0.05, 0) is 13.3 Å². The fraction of sp³-hybridized carbons (Fsp3) is 0.600. The minimum atomic E-state index is -0.833. The minimum absolute atomic E-state index is 0.352. The first-order valence-electron chi connectivity index (χ1n) is 5.01. The van der Waals surface area contributed by atoms with Gasteiger partial charge >= 0.3 is 5.97 Å². The monoisotopic (exact) mass is 212 g/mol. The van der Waals surface area contributed by atoms with Gasteiger partial charge in [-0.2, -0.15) is 0 Å². The lowest BCUT2D eigenvalue weighted by molar-refractivity contribution is -0.139. The Balaban J connectivity index is 2.43. The molecule has 0 radical (unpaired) electrons. The zero-order valence-corrected chi connectivity index (χ0v) is 8.99. The van der Waals surface area contributed by atoms with Crippen molar-refractivity contribution in [3.05, 3.63) is 17.8 Å². The molecule has 0 aliphatic heterocycles. The summed E-state index contributed by atoms with van der Waals surface area (Å²) in [4.78, 5) is 14.8. The normalized spacial score (nSPS) is 12.7. The molecule has 5 nitrogen and oxygen atoms in total. The molecule has 84 valence electrons. The number of carboxylic acid groups (broad SMARTS) is 1. The van der Waals surface area contributed by atoms with Crippen molar-refractivity contribution < 1.29 is 14.3 Å². The third-order valence-corrected chi connectivity index (χ3v) is 2.04. The van der Waals surface area contributed by atoms with Gasteiger partial charge in [0.1, 0.15) is 11.8 Å². The third-order valence-electron chi connectivity index (χ3n) is 2.04. The molecule has 0 aliphatic carbocycles. The summed E-state index contributed by atoms with van der Waals surface area (Å²) in [7, 11) is 0. The summed E-state index contributed by atoms with van der Waals surface area (Å²) >= 11 is 0. The van der Waals surface area contributed by atoms with Crippen molar-refractivity contribution in [2.24, 2.45) is 0 Å². The van der Waals surface area contributed by atoms with Crippen LogP contribution in [0.2, 0.25) is 0 Å². The average molecular weight is 212 g/mol. The smallest absolute Gasteiger partial charge is 0.320 e. The molecule has 0 aromatic carbocycles. The largest absolute Gasteiger partial charge is 0.480 e. The highest BCUT2D eigenvalue weighted by Crippen LogP contribution is 2.03. The van der Waals surface area contributed by atoms with Gasteiger partial charge in [0.25, 0.3) is 0 Å². The second-order valence-electron chi connectivity index (χ2n) is 3.43. The van der Waals surface area contributed by atoms with Crippen molar-refractivity contribution in [3.8, 4) is 0 Å². The van der Waals surface area contributed by atoms with Crippen molar-refractivity contribution >= 4 is 5.97 Å². The Morgan fingerprint density at radius 3 is 2.93 bits per heavy atom. The maximum atomic E-state index is 10.8. The summed E-state index contributed by atoms with van der Waals surface area (Å²) in [6.07, 6.45) is 3.05. The predicted octanol–water partition coefficient (Wildman–Crippen LogP) is 1.33. The number of rotatable bonds is 6. The lowest BCUT2D eigenvalue weighted by atomic mass is 10.2. The number of hydrogen-bond donors (Lipinski definition) is 2. The van der Waals surface area contributed by atoms with Gasteiger partial charge in [-0.1, -0.05) is 13.3 Å². The van der Waals surface area contributed by atoms with E-state index >= 15 is 0 Å². The van der Waals surface area contributed by atoms with E-state index < -0.39 is 12.0 Å². The van der Waals surface area contributed by atoms with Crippen molar-refractivity contribution in [1.29, 1.82) is 0 Å². The minimum Gasteiger partial charge on any atom is -0.480 e. The van der Waals surface area contributed by atoms with Crippen molar-refractivity contribution in [1.82, 2.24) is 10.3 Å². The molecule has 0 saturated carbocycles. The number of nitrogens with zero attached hydrogens (tertiary/aromatic N) is 1. The molecule has 1 aromatic rings. The van der Waals surface area contributed by atoms with E-state index in [1.54, 1.807) is 13.1 Å². The Hall–Kier alpha value is -1.36. The molecule has 0 spiro atoms. The number of aromatic nitrogens is 1. The number of carbonyl (C=O) groups is 1. The first kappa shape index (κ1) is 11.7. The van der Waals surface area contributed by atoms with Crippen LogP contribution < -0.4 is 5.32 Å². The van der Waals surface area contributed by atoms with Crippen LogP contribution in [-0.4, -0.2) is 22.1 Å². The molecule has 0 saturated heterocycles. The molecule has 2 N–H and O–H groups in total. The van der Waals surface area contributed by atoms with Crippen LogP contribution in [0.15, 0.2) is 10.6 Å². The zero-order valence-electron chi connectivity index (χ0n) is 8.99. The van der Waals surface area contributed by atoms with E-state index in [0.717, 1.165) is 12.2 Å². The van der Waals surface area contributed by atoms with Crippen molar-refractivity contribution in [2.45, 2.75) is 39.3 Å². The van der Waals surface area contributed by atoms with Gasteiger partial charge < -0.3 is 9.52 Å². The fourth-order valence-electron chi connectivity index (χ4n) is 1.30. The summed E-state index contributed by atoms with van der Waals surface area (Å²) in [5.41, 5.74) is 0. The molecule has 0 amide bonds. The standard InChI is InChI=1S/C10H16N2O3/c1-3-4-8(10(13)14)11-6-9-12-5-7(2)15-9/h5,8,11H,3-4,6H2,1-2H3,(H,13,14). The lowest BCUT2D eigenvalue weighted by Gasteiger charge is -2.11. The van der Waals surface area contributed by atoms with Gasteiger partial charge in [0.05, 0.1) is 12.7 Å². The van der Waals surface area contributed by atoms with Crippen molar-refractivity contribution in [2.75, 3.05) is 0 Å². The van der Waals surface area contributed by atoms with E-state index in [4.69, 9.17) is 9.52 Å². The quantitative estimate of drug-likeness (QED) is 0.744. The van der Waals surface area contributed by atoms with Crippen LogP contribution in [0, 0.1) is 6.92 Å². The van der Waals surface area contributed by atoms with E-state index in [-0.39, 0.29) is 0 Å². The fourth-order valence-corrected chi connectivity index (χ4v) is 1.30. The topological polar surface area (TPSA) is 75.4 Å².